The summed E-state index contributed by atoms with van der Waals surface area (Å²) in [6, 6.07) is 2.28. The molecule has 0 unspecified atom stereocenters. The summed E-state index contributed by atoms with van der Waals surface area (Å²) < 4.78 is 1.72. The molecule has 0 aliphatic heterocycles. The molecule has 2 heterocycles. The lowest BCUT2D eigenvalue weighted by molar-refractivity contribution is -0.129. The lowest BCUT2D eigenvalue weighted by Crippen LogP contribution is -2.48. The first kappa shape index (κ1) is 28.3. The number of hydrogen-bond donors (Lipinski definition) is 3. The molecular formula is C27H42N4O4. The molecule has 0 saturated heterocycles. The van der Waals surface area contributed by atoms with Gasteiger partial charge in [0.25, 0.3) is 0 Å². The molecule has 2 rings (SSSR count). The van der Waals surface area contributed by atoms with Crippen LogP contribution in [0.15, 0.2) is 24.5 Å². The Morgan fingerprint density at radius 2 is 1.63 bits per heavy atom. The third-order valence-electron chi connectivity index (χ3n) is 6.16. The molecule has 35 heavy (non-hydrogen) atoms. The van der Waals surface area contributed by atoms with Crippen LogP contribution in [-0.2, 0) is 16.0 Å². The van der Waals surface area contributed by atoms with Crippen molar-refractivity contribution < 1.29 is 19.5 Å². The molecule has 0 saturated carbocycles. The average Bonchev–Trinajstić information content (AvgIpc) is 3.24. The van der Waals surface area contributed by atoms with Crippen molar-refractivity contribution >= 4 is 23.4 Å². The van der Waals surface area contributed by atoms with Crippen molar-refractivity contribution in [2.24, 2.45) is 0 Å². The summed E-state index contributed by atoms with van der Waals surface area (Å²) in [5, 5.41) is 15.1. The van der Waals surface area contributed by atoms with E-state index < -0.39 is 12.0 Å². The van der Waals surface area contributed by atoms with E-state index in [1.807, 2.05) is 0 Å². The van der Waals surface area contributed by atoms with Crippen LogP contribution in [0.5, 0.6) is 0 Å². The molecule has 0 aliphatic rings. The third-order valence-corrected chi connectivity index (χ3v) is 6.16. The van der Waals surface area contributed by atoms with Gasteiger partial charge in [0.1, 0.15) is 11.7 Å². The number of pyridine rings is 1. The maximum atomic E-state index is 12.9. The van der Waals surface area contributed by atoms with Crippen LogP contribution in [0.3, 0.4) is 0 Å². The van der Waals surface area contributed by atoms with E-state index in [-0.39, 0.29) is 23.8 Å². The Kier molecular flexibility index (Phi) is 12.9. The number of carboxylic acid groups (broad SMARTS) is 1. The molecule has 0 bridgehead atoms. The number of nitrogens with one attached hydrogen (secondary N) is 2. The minimum atomic E-state index is -1.02. The zero-order chi connectivity index (χ0) is 25.5. The molecule has 8 nitrogen and oxygen atoms in total. The highest BCUT2D eigenvalue weighted by Crippen LogP contribution is 2.12. The standard InChI is InChI=1S/C27H42N4O4/c1-3-5-7-9-10-11-12-14-25(32)30-23(26(33)28-16-13-8-6-4-2)19-22-20-31-17-15-21(27(34)35)18-24(31)29-22/h15,17-18,20,23H,3-14,16,19H2,1-2H3,(H,28,33)(H,30,32)(H,34,35)/t23-/m0/s1. The first-order valence-electron chi connectivity index (χ1n) is 13.2. The molecular weight excluding hydrogens is 444 g/mol. The minimum Gasteiger partial charge on any atom is -0.478 e. The number of carbonyl (C=O) groups is 3. The summed E-state index contributed by atoms with van der Waals surface area (Å²) in [6.07, 6.45) is 16.2. The van der Waals surface area contributed by atoms with Gasteiger partial charge in [-0.05, 0) is 25.0 Å². The van der Waals surface area contributed by atoms with Gasteiger partial charge in [-0.1, -0.05) is 71.6 Å². The lowest BCUT2D eigenvalue weighted by atomic mass is 10.1. The number of rotatable bonds is 18. The number of amides is 2. The summed E-state index contributed by atoms with van der Waals surface area (Å²) in [4.78, 5) is 41.2. The van der Waals surface area contributed by atoms with Gasteiger partial charge >= 0.3 is 5.97 Å². The first-order chi connectivity index (χ1) is 16.9. The predicted octanol–water partition coefficient (Wildman–Crippen LogP) is 4.90. The van der Waals surface area contributed by atoms with Gasteiger partial charge in [0.05, 0.1) is 11.3 Å². The van der Waals surface area contributed by atoms with Gasteiger partial charge in [0, 0.05) is 31.8 Å². The second-order valence-corrected chi connectivity index (χ2v) is 9.27. The van der Waals surface area contributed by atoms with Crippen LogP contribution >= 0.6 is 0 Å². The summed E-state index contributed by atoms with van der Waals surface area (Å²) >= 11 is 0. The Balaban J connectivity index is 1.96. The Bertz CT molecular complexity index is 940. The van der Waals surface area contributed by atoms with E-state index in [1.165, 1.54) is 37.8 Å². The Morgan fingerprint density at radius 3 is 2.31 bits per heavy atom. The van der Waals surface area contributed by atoms with E-state index >= 15 is 0 Å². The van der Waals surface area contributed by atoms with E-state index in [4.69, 9.17) is 0 Å². The maximum absolute atomic E-state index is 12.9. The van der Waals surface area contributed by atoms with E-state index in [9.17, 15) is 19.5 Å². The van der Waals surface area contributed by atoms with E-state index in [2.05, 4.69) is 29.5 Å². The molecule has 0 spiro atoms. The van der Waals surface area contributed by atoms with Gasteiger partial charge in [-0.15, -0.1) is 0 Å². The van der Waals surface area contributed by atoms with Crippen LogP contribution in [0.2, 0.25) is 0 Å². The Morgan fingerprint density at radius 1 is 0.971 bits per heavy atom. The number of imidazole rings is 1. The predicted molar refractivity (Wildman–Crippen MR) is 138 cm³/mol. The fraction of sp³-hybridized carbons (Fsp3) is 0.630. The number of carbonyl (C=O) groups excluding carboxylic acids is 2. The third kappa shape index (κ3) is 10.5. The average molecular weight is 487 g/mol. The molecule has 0 aliphatic carbocycles. The zero-order valence-electron chi connectivity index (χ0n) is 21.4. The quantitative estimate of drug-likeness (QED) is 0.260. The smallest absolute Gasteiger partial charge is 0.335 e. The van der Waals surface area contributed by atoms with E-state index in [1.54, 1.807) is 16.8 Å². The van der Waals surface area contributed by atoms with Gasteiger partial charge in [0.2, 0.25) is 11.8 Å². The monoisotopic (exact) mass is 486 g/mol. The van der Waals surface area contributed by atoms with Crippen molar-refractivity contribution in [2.45, 2.75) is 103 Å². The Labute approximate surface area is 208 Å². The number of nitrogens with zero attached hydrogens (tertiary/aromatic N) is 2. The number of aromatic nitrogens is 2. The number of fused-ring (bicyclic) bond motifs is 1. The maximum Gasteiger partial charge on any atom is 0.335 e. The van der Waals surface area contributed by atoms with Gasteiger partial charge in [-0.3, -0.25) is 9.59 Å². The SMILES string of the molecule is CCCCCCCCCC(=O)N[C@@H](Cc1cn2ccc(C(=O)O)cc2n1)C(=O)NCCCCCC. The fourth-order valence-electron chi connectivity index (χ4n) is 4.08. The molecule has 194 valence electrons. The van der Waals surface area contributed by atoms with Crippen LogP contribution in [-0.4, -0.2) is 44.9 Å². The molecule has 0 aromatic carbocycles. The molecule has 2 aromatic rings. The van der Waals surface area contributed by atoms with Crippen LogP contribution in [0.25, 0.3) is 5.65 Å². The van der Waals surface area contributed by atoms with Crippen LogP contribution in [0, 0.1) is 0 Å². The topological polar surface area (TPSA) is 113 Å². The van der Waals surface area contributed by atoms with Gasteiger partial charge in [-0.25, -0.2) is 9.78 Å². The molecule has 3 N–H and O–H groups in total. The first-order valence-corrected chi connectivity index (χ1v) is 13.2. The lowest BCUT2D eigenvalue weighted by Gasteiger charge is -2.18. The number of unbranched alkanes of at least 4 members (excludes halogenated alkanes) is 9. The summed E-state index contributed by atoms with van der Waals surface area (Å²) in [6.45, 7) is 4.92. The van der Waals surface area contributed by atoms with Crippen molar-refractivity contribution in [3.63, 3.8) is 0 Å². The minimum absolute atomic E-state index is 0.124. The van der Waals surface area contributed by atoms with Gasteiger partial charge < -0.3 is 20.1 Å². The molecule has 1 atom stereocenters. The zero-order valence-corrected chi connectivity index (χ0v) is 21.4. The number of aromatic carboxylic acids is 1. The molecule has 8 heteroatoms. The van der Waals surface area contributed by atoms with Crippen LogP contribution < -0.4 is 10.6 Å². The Hall–Kier alpha value is -2.90. The molecule has 0 fully saturated rings. The normalized spacial score (nSPS) is 11.9. The van der Waals surface area contributed by atoms with E-state index in [0.29, 0.717) is 24.3 Å². The number of hydrogen-bond acceptors (Lipinski definition) is 4. The van der Waals surface area contributed by atoms with Crippen molar-refractivity contribution in [1.82, 2.24) is 20.0 Å². The molecule has 0 radical (unpaired) electrons. The van der Waals surface area contributed by atoms with Crippen molar-refractivity contribution in [2.75, 3.05) is 6.54 Å². The second-order valence-electron chi connectivity index (χ2n) is 9.27. The summed E-state index contributed by atoms with van der Waals surface area (Å²) in [5.41, 5.74) is 1.27. The molecule has 2 amide bonds. The molecule has 2 aromatic heterocycles. The highest BCUT2D eigenvalue weighted by Gasteiger charge is 2.22. The number of carboxylic acids is 1. The summed E-state index contributed by atoms with van der Waals surface area (Å²) in [7, 11) is 0. The van der Waals surface area contributed by atoms with Gasteiger partial charge in [0.15, 0.2) is 0 Å². The van der Waals surface area contributed by atoms with Gasteiger partial charge in [-0.2, -0.15) is 0 Å². The summed E-state index contributed by atoms with van der Waals surface area (Å²) in [5.74, 6) is -1.35. The van der Waals surface area contributed by atoms with Crippen LogP contribution in [0.1, 0.15) is 107 Å². The largest absolute Gasteiger partial charge is 0.478 e. The fourth-order valence-corrected chi connectivity index (χ4v) is 4.08. The van der Waals surface area contributed by atoms with Crippen molar-refractivity contribution in [3.8, 4) is 0 Å². The van der Waals surface area contributed by atoms with E-state index in [0.717, 1.165) is 44.9 Å². The highest BCUT2D eigenvalue weighted by molar-refractivity contribution is 5.89. The van der Waals surface area contributed by atoms with Crippen molar-refractivity contribution in [1.29, 1.82) is 0 Å². The van der Waals surface area contributed by atoms with Crippen molar-refractivity contribution in [3.05, 3.63) is 35.8 Å². The van der Waals surface area contributed by atoms with Crippen LogP contribution in [0.4, 0.5) is 0 Å². The highest BCUT2D eigenvalue weighted by atomic mass is 16.4. The second kappa shape index (κ2) is 15.9.